The van der Waals surface area contributed by atoms with Crippen molar-refractivity contribution in [2.75, 3.05) is 21.3 Å². The van der Waals surface area contributed by atoms with Crippen molar-refractivity contribution < 1.29 is 28.2 Å². The second kappa shape index (κ2) is 6.60. The lowest BCUT2D eigenvalue weighted by Gasteiger charge is -2.17. The van der Waals surface area contributed by atoms with Crippen LogP contribution in [0.25, 0.3) is 21.7 Å². The molecule has 1 aromatic heterocycles. The molecule has 0 bridgehead atoms. The molecule has 6 nitrogen and oxygen atoms in total. The molecule has 4 aromatic rings. The van der Waals surface area contributed by atoms with E-state index in [4.69, 9.17) is 18.6 Å². The fourth-order valence-electron chi connectivity index (χ4n) is 4.45. The molecule has 0 unspecified atom stereocenters. The van der Waals surface area contributed by atoms with E-state index in [-0.39, 0.29) is 28.5 Å². The number of ketones is 2. The molecule has 156 valence electrons. The Morgan fingerprint density at radius 3 is 1.97 bits per heavy atom. The molecule has 5 rings (SSSR count). The molecule has 31 heavy (non-hydrogen) atoms. The third kappa shape index (κ3) is 2.51. The summed E-state index contributed by atoms with van der Waals surface area (Å²) in [6.45, 7) is 3.80. The van der Waals surface area contributed by atoms with E-state index >= 15 is 0 Å². The molecule has 1 aliphatic rings. The Morgan fingerprint density at radius 1 is 0.677 bits per heavy atom. The average Bonchev–Trinajstić information content (AvgIpc) is 3.15. The van der Waals surface area contributed by atoms with E-state index in [9.17, 15) is 9.59 Å². The Labute approximate surface area is 178 Å². The van der Waals surface area contributed by atoms with E-state index in [1.807, 2.05) is 26.0 Å². The van der Waals surface area contributed by atoms with Gasteiger partial charge in [-0.3, -0.25) is 9.59 Å². The second-order valence-corrected chi connectivity index (χ2v) is 7.70. The Balaban J connectivity index is 1.93. The first-order chi connectivity index (χ1) is 14.9. The minimum Gasteiger partial charge on any atom is -0.496 e. The van der Waals surface area contributed by atoms with Crippen LogP contribution in [0, 0.1) is 13.8 Å². The summed E-state index contributed by atoms with van der Waals surface area (Å²) < 4.78 is 22.7. The topological polar surface area (TPSA) is 75.0 Å². The third-order valence-corrected chi connectivity index (χ3v) is 5.77. The quantitative estimate of drug-likeness (QED) is 0.412. The fourth-order valence-corrected chi connectivity index (χ4v) is 4.45. The Bertz CT molecular complexity index is 1440. The van der Waals surface area contributed by atoms with Crippen molar-refractivity contribution in [3.63, 3.8) is 0 Å². The zero-order valence-electron chi connectivity index (χ0n) is 17.8. The highest BCUT2D eigenvalue weighted by molar-refractivity contribution is 6.33. The summed E-state index contributed by atoms with van der Waals surface area (Å²) in [6.07, 6.45) is 0. The number of aryl methyl sites for hydroxylation is 2. The van der Waals surface area contributed by atoms with Gasteiger partial charge < -0.3 is 18.6 Å². The minimum absolute atomic E-state index is 0.0182. The Morgan fingerprint density at radius 2 is 1.29 bits per heavy atom. The van der Waals surface area contributed by atoms with Gasteiger partial charge in [-0.2, -0.15) is 0 Å². The van der Waals surface area contributed by atoms with Crippen LogP contribution in [-0.2, 0) is 0 Å². The highest BCUT2D eigenvalue weighted by atomic mass is 16.5. The maximum atomic E-state index is 13.5. The van der Waals surface area contributed by atoms with Crippen LogP contribution < -0.4 is 14.2 Å². The van der Waals surface area contributed by atoms with E-state index in [1.54, 1.807) is 32.4 Å². The van der Waals surface area contributed by atoms with Gasteiger partial charge in [0.1, 0.15) is 22.8 Å². The number of methoxy groups -OCH3 is 3. The lowest BCUT2D eigenvalue weighted by Crippen LogP contribution is -2.20. The Hall–Kier alpha value is -3.80. The number of hydrogen-bond acceptors (Lipinski definition) is 6. The van der Waals surface area contributed by atoms with Crippen molar-refractivity contribution in [1.82, 2.24) is 0 Å². The van der Waals surface area contributed by atoms with Gasteiger partial charge in [0, 0.05) is 16.3 Å². The third-order valence-electron chi connectivity index (χ3n) is 5.77. The number of benzene rings is 3. The summed E-state index contributed by atoms with van der Waals surface area (Å²) in [7, 11) is 4.63. The van der Waals surface area contributed by atoms with Gasteiger partial charge in [0.15, 0.2) is 11.5 Å². The van der Waals surface area contributed by atoms with E-state index in [0.29, 0.717) is 39.2 Å². The van der Waals surface area contributed by atoms with Crippen LogP contribution in [0.5, 0.6) is 17.2 Å². The zero-order chi connectivity index (χ0) is 22.0. The largest absolute Gasteiger partial charge is 0.496 e. The van der Waals surface area contributed by atoms with Gasteiger partial charge in [0.05, 0.1) is 37.8 Å². The van der Waals surface area contributed by atoms with Gasteiger partial charge >= 0.3 is 0 Å². The summed E-state index contributed by atoms with van der Waals surface area (Å²) in [4.78, 5) is 27.0. The maximum absolute atomic E-state index is 13.5. The van der Waals surface area contributed by atoms with Gasteiger partial charge in [-0.25, -0.2) is 0 Å². The lowest BCUT2D eigenvalue weighted by molar-refractivity contribution is 0.0959. The number of furan rings is 1. The maximum Gasteiger partial charge on any atom is 0.233 e. The molecule has 1 heterocycles. The van der Waals surface area contributed by atoms with Crippen molar-refractivity contribution in [2.24, 2.45) is 0 Å². The van der Waals surface area contributed by atoms with Crippen molar-refractivity contribution in [2.45, 2.75) is 13.8 Å². The molecule has 3 aromatic carbocycles. The second-order valence-electron chi connectivity index (χ2n) is 7.70. The first-order valence-electron chi connectivity index (χ1n) is 9.79. The lowest BCUT2D eigenvalue weighted by atomic mass is 9.85. The average molecular weight is 416 g/mol. The predicted molar refractivity (Wildman–Crippen MR) is 116 cm³/mol. The monoisotopic (exact) mass is 416 g/mol. The highest BCUT2D eigenvalue weighted by Gasteiger charge is 2.38. The minimum atomic E-state index is -0.371. The molecule has 0 spiro atoms. The van der Waals surface area contributed by atoms with Gasteiger partial charge in [0.2, 0.25) is 5.78 Å². The van der Waals surface area contributed by atoms with Crippen LogP contribution in [0.4, 0.5) is 0 Å². The molecule has 0 amide bonds. The molecule has 0 saturated carbocycles. The number of carbonyl (C=O) groups excluding carboxylic acids is 2. The summed E-state index contributed by atoms with van der Waals surface area (Å²) in [5.74, 6) is 0.900. The first-order valence-corrected chi connectivity index (χ1v) is 9.79. The van der Waals surface area contributed by atoms with Gasteiger partial charge in [-0.05, 0) is 55.3 Å². The van der Waals surface area contributed by atoms with E-state index < -0.39 is 0 Å². The molecule has 0 N–H and O–H groups in total. The fraction of sp³-hybridized carbons (Fsp3) is 0.200. The summed E-state index contributed by atoms with van der Waals surface area (Å²) in [5.41, 5.74) is 3.03. The van der Waals surface area contributed by atoms with E-state index in [1.165, 1.54) is 7.11 Å². The van der Waals surface area contributed by atoms with Crippen LogP contribution in [0.15, 0.2) is 34.7 Å². The van der Waals surface area contributed by atoms with Gasteiger partial charge in [-0.1, -0.05) is 0 Å². The summed E-state index contributed by atoms with van der Waals surface area (Å²) in [6, 6.07) is 9.03. The molecule has 0 atom stereocenters. The molecule has 6 heteroatoms. The molecule has 1 aliphatic carbocycles. The summed E-state index contributed by atoms with van der Waals surface area (Å²) in [5, 5.41) is 1.98. The SMILES string of the molecule is COc1cc(C)cc2c1C(=O)c1oc3c(cc(OC)c4c(OC)cc(C)cc43)c1C2=O. The molecule has 0 fully saturated rings. The number of rotatable bonds is 3. The van der Waals surface area contributed by atoms with Crippen molar-refractivity contribution >= 4 is 33.3 Å². The smallest absolute Gasteiger partial charge is 0.233 e. The summed E-state index contributed by atoms with van der Waals surface area (Å²) >= 11 is 0. The predicted octanol–water partition coefficient (Wildman–Crippen LogP) is 5.00. The van der Waals surface area contributed by atoms with Crippen molar-refractivity contribution in [1.29, 1.82) is 0 Å². The van der Waals surface area contributed by atoms with E-state index in [0.717, 1.165) is 16.5 Å². The van der Waals surface area contributed by atoms with Crippen molar-refractivity contribution in [3.05, 3.63) is 63.9 Å². The molecular formula is C25H20O6. The van der Waals surface area contributed by atoms with Crippen LogP contribution >= 0.6 is 0 Å². The van der Waals surface area contributed by atoms with Crippen LogP contribution in [0.1, 0.15) is 43.2 Å². The van der Waals surface area contributed by atoms with Crippen LogP contribution in [0.3, 0.4) is 0 Å². The standard InChI is InChI=1S/C25H20O6/c1-11-6-13-20(17(9-11)29-4)23(27)25-21(22(13)26)15-10-18(30-5)19-14(24(15)31-25)7-12(2)8-16(19)28-3/h6-10H,1-5H3. The molecular weight excluding hydrogens is 396 g/mol. The Kier molecular flexibility index (Phi) is 4.09. The van der Waals surface area contributed by atoms with Gasteiger partial charge in [0.25, 0.3) is 0 Å². The first kappa shape index (κ1) is 19.2. The number of fused-ring (bicyclic) bond motifs is 6. The zero-order valence-corrected chi connectivity index (χ0v) is 17.8. The van der Waals surface area contributed by atoms with Crippen molar-refractivity contribution in [3.8, 4) is 17.2 Å². The van der Waals surface area contributed by atoms with E-state index in [2.05, 4.69) is 0 Å². The number of carbonyl (C=O) groups is 2. The molecule has 0 aliphatic heterocycles. The van der Waals surface area contributed by atoms with Crippen LogP contribution in [-0.4, -0.2) is 32.9 Å². The molecule has 0 saturated heterocycles. The highest BCUT2D eigenvalue weighted by Crippen LogP contribution is 2.45. The van der Waals surface area contributed by atoms with Gasteiger partial charge in [-0.15, -0.1) is 0 Å². The number of ether oxygens (including phenoxy) is 3. The number of hydrogen-bond donors (Lipinski definition) is 0. The normalized spacial score (nSPS) is 12.8. The molecule has 0 radical (unpaired) electrons. The van der Waals surface area contributed by atoms with Crippen LogP contribution in [0.2, 0.25) is 0 Å².